The Morgan fingerprint density at radius 1 is 1.14 bits per heavy atom. The smallest absolute Gasteiger partial charge is 0.229 e. The Morgan fingerprint density at radius 2 is 1.97 bits per heavy atom. The molecule has 0 spiro atoms. The number of aromatic nitrogens is 2. The quantitative estimate of drug-likeness (QED) is 0.532. The molecular weight excluding hydrogens is 390 g/mol. The van der Waals surface area contributed by atoms with Crippen molar-refractivity contribution in [1.82, 2.24) is 14.9 Å². The Morgan fingerprint density at radius 3 is 2.72 bits per heavy atom. The first-order valence-electron chi connectivity index (χ1n) is 9.77. The van der Waals surface area contributed by atoms with E-state index in [1.165, 1.54) is 25.9 Å². The van der Waals surface area contributed by atoms with Crippen LogP contribution in [0.2, 0.25) is 5.02 Å². The Balaban J connectivity index is 1.30. The highest BCUT2D eigenvalue weighted by molar-refractivity contribution is 6.32. The summed E-state index contributed by atoms with van der Waals surface area (Å²) in [6.45, 7) is 4.55. The van der Waals surface area contributed by atoms with Gasteiger partial charge in [-0.1, -0.05) is 11.6 Å². The van der Waals surface area contributed by atoms with Gasteiger partial charge in [-0.05, 0) is 62.3 Å². The highest BCUT2D eigenvalue weighted by atomic mass is 35.5. The number of halogens is 1. The molecule has 7 nitrogen and oxygen atoms in total. The van der Waals surface area contributed by atoms with Crippen LogP contribution in [0.4, 0.5) is 17.5 Å². The van der Waals surface area contributed by atoms with Gasteiger partial charge >= 0.3 is 0 Å². The number of likely N-dealkylation sites (tertiary alicyclic amines) is 1. The molecule has 0 amide bonds. The van der Waals surface area contributed by atoms with E-state index >= 15 is 0 Å². The van der Waals surface area contributed by atoms with E-state index < -0.39 is 0 Å². The molecule has 3 heterocycles. The fraction of sp³-hybridized carbons (Fsp3) is 0.333. The lowest BCUT2D eigenvalue weighted by molar-refractivity contribution is 0.238. The van der Waals surface area contributed by atoms with Crippen LogP contribution in [0.5, 0.6) is 5.75 Å². The molecule has 1 aromatic carbocycles. The molecule has 152 valence electrons. The van der Waals surface area contributed by atoms with Crippen LogP contribution in [0, 0.1) is 0 Å². The predicted octanol–water partition coefficient (Wildman–Crippen LogP) is 4.55. The van der Waals surface area contributed by atoms with Crippen molar-refractivity contribution in [2.75, 3.05) is 36.9 Å². The van der Waals surface area contributed by atoms with Gasteiger partial charge in [0.05, 0.1) is 19.0 Å². The molecule has 0 radical (unpaired) electrons. The number of rotatable bonds is 9. The van der Waals surface area contributed by atoms with Crippen LogP contribution in [0.3, 0.4) is 0 Å². The molecule has 0 atom stereocenters. The Hall–Kier alpha value is -2.77. The average molecular weight is 414 g/mol. The van der Waals surface area contributed by atoms with E-state index in [0.717, 1.165) is 23.7 Å². The number of ether oxygens (including phenoxy) is 1. The normalized spacial score (nSPS) is 14.1. The minimum atomic E-state index is 0.448. The molecule has 2 N–H and O–H groups in total. The molecule has 0 bridgehead atoms. The summed E-state index contributed by atoms with van der Waals surface area (Å²) in [6.07, 6.45) is 5.79. The van der Waals surface area contributed by atoms with E-state index in [4.69, 9.17) is 20.8 Å². The van der Waals surface area contributed by atoms with Gasteiger partial charge < -0.3 is 19.8 Å². The zero-order chi connectivity index (χ0) is 19.9. The van der Waals surface area contributed by atoms with Crippen molar-refractivity contribution >= 4 is 29.1 Å². The molecule has 0 saturated carbocycles. The number of furan rings is 1. The number of anilines is 3. The molecule has 1 aliphatic rings. The molecule has 2 aromatic heterocycles. The topological polar surface area (TPSA) is 75.5 Å². The lowest BCUT2D eigenvalue weighted by Gasteiger charge is -2.15. The van der Waals surface area contributed by atoms with Crippen molar-refractivity contribution in [3.8, 4) is 5.75 Å². The van der Waals surface area contributed by atoms with Crippen molar-refractivity contribution in [2.45, 2.75) is 19.4 Å². The minimum Gasteiger partial charge on any atom is -0.492 e. The van der Waals surface area contributed by atoms with Crippen molar-refractivity contribution in [3.05, 3.63) is 59.6 Å². The van der Waals surface area contributed by atoms with E-state index in [1.54, 1.807) is 12.5 Å². The van der Waals surface area contributed by atoms with E-state index in [0.29, 0.717) is 29.9 Å². The predicted molar refractivity (Wildman–Crippen MR) is 114 cm³/mol. The van der Waals surface area contributed by atoms with Gasteiger partial charge in [-0.3, -0.25) is 4.90 Å². The largest absolute Gasteiger partial charge is 0.492 e. The summed E-state index contributed by atoms with van der Waals surface area (Å²) in [6, 6.07) is 11.5. The Bertz CT molecular complexity index is 896. The van der Waals surface area contributed by atoms with Crippen LogP contribution in [0.25, 0.3) is 0 Å². The maximum Gasteiger partial charge on any atom is 0.229 e. The first kappa shape index (κ1) is 19.5. The monoisotopic (exact) mass is 413 g/mol. The van der Waals surface area contributed by atoms with Gasteiger partial charge in [0.1, 0.15) is 23.1 Å². The second-order valence-electron chi connectivity index (χ2n) is 6.87. The number of nitrogens with zero attached hydrogens (tertiary/aromatic N) is 3. The lowest BCUT2D eigenvalue weighted by atomic mass is 10.3. The van der Waals surface area contributed by atoms with Crippen LogP contribution in [0.15, 0.2) is 53.3 Å². The molecule has 1 fully saturated rings. The van der Waals surface area contributed by atoms with Gasteiger partial charge in [0.15, 0.2) is 5.82 Å². The van der Waals surface area contributed by atoms with E-state index in [9.17, 15) is 0 Å². The third-order valence-electron chi connectivity index (χ3n) is 4.74. The van der Waals surface area contributed by atoms with Crippen LogP contribution in [0.1, 0.15) is 18.6 Å². The fourth-order valence-electron chi connectivity index (χ4n) is 3.20. The maximum absolute atomic E-state index is 6.19. The first-order valence-corrected chi connectivity index (χ1v) is 10.1. The number of benzene rings is 1. The van der Waals surface area contributed by atoms with Crippen molar-refractivity contribution in [2.24, 2.45) is 0 Å². The third kappa shape index (κ3) is 5.62. The summed E-state index contributed by atoms with van der Waals surface area (Å²) in [5.41, 5.74) is 0.871. The molecule has 1 saturated heterocycles. The molecule has 1 aliphatic heterocycles. The van der Waals surface area contributed by atoms with Gasteiger partial charge in [0.25, 0.3) is 0 Å². The van der Waals surface area contributed by atoms with Crippen molar-refractivity contribution < 1.29 is 9.15 Å². The van der Waals surface area contributed by atoms with Crippen molar-refractivity contribution in [3.63, 3.8) is 0 Å². The van der Waals surface area contributed by atoms with Gasteiger partial charge in [-0.15, -0.1) is 0 Å². The van der Waals surface area contributed by atoms with E-state index in [2.05, 4.69) is 25.5 Å². The molecule has 0 aliphatic carbocycles. The summed E-state index contributed by atoms with van der Waals surface area (Å²) in [5.74, 6) is 2.66. The van der Waals surface area contributed by atoms with Crippen LogP contribution >= 0.6 is 11.6 Å². The fourth-order valence-corrected chi connectivity index (χ4v) is 3.36. The maximum atomic E-state index is 6.19. The summed E-state index contributed by atoms with van der Waals surface area (Å²) in [5, 5.41) is 6.79. The average Bonchev–Trinajstić information content (AvgIpc) is 3.44. The van der Waals surface area contributed by atoms with Gasteiger partial charge in [0.2, 0.25) is 5.95 Å². The second-order valence-corrected chi connectivity index (χ2v) is 7.28. The summed E-state index contributed by atoms with van der Waals surface area (Å²) >= 11 is 6.19. The number of hydrogen-bond donors (Lipinski definition) is 2. The highest BCUT2D eigenvalue weighted by Gasteiger charge is 2.11. The van der Waals surface area contributed by atoms with E-state index in [1.807, 2.05) is 36.4 Å². The zero-order valence-electron chi connectivity index (χ0n) is 16.1. The summed E-state index contributed by atoms with van der Waals surface area (Å²) in [4.78, 5) is 11.1. The molecule has 3 aromatic rings. The molecule has 8 heteroatoms. The zero-order valence-corrected chi connectivity index (χ0v) is 16.9. The SMILES string of the molecule is Clc1cnc(Nc2ccc(OCCN3CCCC3)cc2)nc1NCc1ccco1. The molecule has 0 unspecified atom stereocenters. The van der Waals surface area contributed by atoms with E-state index in [-0.39, 0.29) is 0 Å². The lowest BCUT2D eigenvalue weighted by Crippen LogP contribution is -2.25. The van der Waals surface area contributed by atoms with Crippen molar-refractivity contribution in [1.29, 1.82) is 0 Å². The first-order chi connectivity index (χ1) is 14.3. The van der Waals surface area contributed by atoms with Gasteiger partial charge in [0, 0.05) is 12.2 Å². The molecule has 29 heavy (non-hydrogen) atoms. The summed E-state index contributed by atoms with van der Waals surface area (Å²) in [7, 11) is 0. The highest BCUT2D eigenvalue weighted by Crippen LogP contribution is 2.23. The number of hydrogen-bond acceptors (Lipinski definition) is 7. The molecule has 4 rings (SSSR count). The van der Waals surface area contributed by atoms with Crippen LogP contribution in [-0.4, -0.2) is 41.1 Å². The Labute approximate surface area is 175 Å². The third-order valence-corrected chi connectivity index (χ3v) is 5.02. The van der Waals surface area contributed by atoms with Crippen LogP contribution in [-0.2, 0) is 6.54 Å². The van der Waals surface area contributed by atoms with Crippen LogP contribution < -0.4 is 15.4 Å². The Kier molecular flexibility index (Phi) is 6.49. The van der Waals surface area contributed by atoms with Gasteiger partial charge in [-0.2, -0.15) is 4.98 Å². The molecular formula is C21H24ClN5O2. The minimum absolute atomic E-state index is 0.448. The van der Waals surface area contributed by atoms with Gasteiger partial charge in [-0.25, -0.2) is 4.98 Å². The standard InChI is InChI=1S/C21H24ClN5O2/c22-19-15-24-21(26-20(19)23-14-18-4-3-12-28-18)25-16-5-7-17(8-6-16)29-13-11-27-9-1-2-10-27/h3-8,12,15H,1-2,9-11,13-14H2,(H2,23,24,25,26). The summed E-state index contributed by atoms with van der Waals surface area (Å²) < 4.78 is 11.1. The second kappa shape index (κ2) is 9.62. The number of nitrogens with one attached hydrogen (secondary N) is 2.